The van der Waals surface area contributed by atoms with Crippen molar-refractivity contribution in [2.75, 3.05) is 0 Å². The van der Waals surface area contributed by atoms with Gasteiger partial charge in [-0.2, -0.15) is 0 Å². The van der Waals surface area contributed by atoms with Gasteiger partial charge in [-0.05, 0) is 18.9 Å². The van der Waals surface area contributed by atoms with Crippen molar-refractivity contribution in [3.8, 4) is 0 Å². The summed E-state index contributed by atoms with van der Waals surface area (Å²) in [7, 11) is 0. The minimum atomic E-state index is 0.134. The van der Waals surface area contributed by atoms with Crippen molar-refractivity contribution in [1.29, 1.82) is 0 Å². The molecule has 2 heteroatoms. The molecule has 1 atom stereocenters. The molecule has 0 bridgehead atoms. The molecule has 0 radical (unpaired) electrons. The predicted molar refractivity (Wildman–Crippen MR) is 64.5 cm³/mol. The zero-order valence-electron chi connectivity index (χ0n) is 9.81. The van der Waals surface area contributed by atoms with Gasteiger partial charge < -0.3 is 4.90 Å². The molecule has 2 nitrogen and oxygen atoms in total. The van der Waals surface area contributed by atoms with E-state index in [1.165, 1.54) is 5.56 Å². The lowest BCUT2D eigenvalue weighted by Crippen LogP contribution is -2.25. The van der Waals surface area contributed by atoms with E-state index in [0.29, 0.717) is 6.54 Å². The molecule has 1 fully saturated rings. The SMILES string of the molecule is C/C=C1\CC(C)C(=O)N1Cc1ccccc1. The van der Waals surface area contributed by atoms with Crippen LogP contribution in [0, 0.1) is 5.92 Å². The Morgan fingerprint density at radius 1 is 1.38 bits per heavy atom. The molecule has 1 aliphatic rings. The number of benzene rings is 1. The van der Waals surface area contributed by atoms with Crippen molar-refractivity contribution in [3.63, 3.8) is 0 Å². The minimum Gasteiger partial charge on any atom is -0.312 e. The third kappa shape index (κ3) is 2.01. The number of allylic oxidation sites excluding steroid dienone is 2. The van der Waals surface area contributed by atoms with E-state index < -0.39 is 0 Å². The Bertz CT molecular complexity index is 408. The van der Waals surface area contributed by atoms with Gasteiger partial charge in [0.2, 0.25) is 5.91 Å². The number of carbonyl (C=O) groups excluding carboxylic acids is 1. The van der Waals surface area contributed by atoms with Crippen LogP contribution in [-0.2, 0) is 11.3 Å². The van der Waals surface area contributed by atoms with Crippen LogP contribution in [0.5, 0.6) is 0 Å². The molecule has 1 aliphatic heterocycles. The van der Waals surface area contributed by atoms with E-state index in [1.807, 2.05) is 43.0 Å². The molecule has 0 aliphatic carbocycles. The van der Waals surface area contributed by atoms with E-state index in [-0.39, 0.29) is 11.8 Å². The summed E-state index contributed by atoms with van der Waals surface area (Å²) in [6.07, 6.45) is 2.92. The largest absolute Gasteiger partial charge is 0.312 e. The maximum absolute atomic E-state index is 12.0. The summed E-state index contributed by atoms with van der Waals surface area (Å²) in [6, 6.07) is 10.1. The van der Waals surface area contributed by atoms with Crippen molar-refractivity contribution in [2.45, 2.75) is 26.8 Å². The molecular formula is C14H17NO. The number of carbonyl (C=O) groups is 1. The zero-order valence-corrected chi connectivity index (χ0v) is 9.81. The standard InChI is InChI=1S/C14H17NO/c1-3-13-9-11(2)14(16)15(13)10-12-7-5-4-6-8-12/h3-8,11H,9-10H2,1-2H3/b13-3+. The molecule has 1 aromatic rings. The molecular weight excluding hydrogens is 198 g/mol. The van der Waals surface area contributed by atoms with Crippen LogP contribution >= 0.6 is 0 Å². The third-order valence-corrected chi connectivity index (χ3v) is 3.07. The second kappa shape index (κ2) is 4.52. The van der Waals surface area contributed by atoms with Crippen molar-refractivity contribution in [3.05, 3.63) is 47.7 Å². The number of likely N-dealkylation sites (tertiary alicyclic amines) is 1. The van der Waals surface area contributed by atoms with Gasteiger partial charge in [0.15, 0.2) is 0 Å². The van der Waals surface area contributed by atoms with Crippen molar-refractivity contribution in [1.82, 2.24) is 4.90 Å². The first-order valence-corrected chi connectivity index (χ1v) is 5.73. The Balaban J connectivity index is 2.18. The normalized spacial score (nSPS) is 23.1. The Morgan fingerprint density at radius 3 is 2.69 bits per heavy atom. The molecule has 84 valence electrons. The van der Waals surface area contributed by atoms with E-state index >= 15 is 0 Å². The van der Waals surface area contributed by atoms with Crippen LogP contribution in [0.25, 0.3) is 0 Å². The molecule has 0 N–H and O–H groups in total. The summed E-state index contributed by atoms with van der Waals surface area (Å²) >= 11 is 0. The zero-order chi connectivity index (χ0) is 11.5. The van der Waals surface area contributed by atoms with Crippen LogP contribution in [0.1, 0.15) is 25.8 Å². The van der Waals surface area contributed by atoms with Crippen LogP contribution in [-0.4, -0.2) is 10.8 Å². The molecule has 1 aromatic carbocycles. The number of rotatable bonds is 2. The van der Waals surface area contributed by atoms with Gasteiger partial charge >= 0.3 is 0 Å². The van der Waals surface area contributed by atoms with Crippen molar-refractivity contribution >= 4 is 5.91 Å². The first-order valence-electron chi connectivity index (χ1n) is 5.73. The van der Waals surface area contributed by atoms with E-state index in [9.17, 15) is 4.79 Å². The van der Waals surface area contributed by atoms with Crippen LogP contribution in [0.15, 0.2) is 42.1 Å². The van der Waals surface area contributed by atoms with Crippen LogP contribution in [0.4, 0.5) is 0 Å². The minimum absolute atomic E-state index is 0.134. The lowest BCUT2D eigenvalue weighted by Gasteiger charge is -2.18. The molecule has 1 heterocycles. The molecule has 0 aromatic heterocycles. The van der Waals surface area contributed by atoms with Gasteiger partial charge in [0.1, 0.15) is 0 Å². The van der Waals surface area contributed by atoms with Crippen molar-refractivity contribution < 1.29 is 4.79 Å². The van der Waals surface area contributed by atoms with Crippen LogP contribution in [0.2, 0.25) is 0 Å². The topological polar surface area (TPSA) is 20.3 Å². The number of hydrogen-bond acceptors (Lipinski definition) is 1. The fourth-order valence-corrected chi connectivity index (χ4v) is 2.14. The number of nitrogens with zero attached hydrogens (tertiary/aromatic N) is 1. The van der Waals surface area contributed by atoms with E-state index in [1.54, 1.807) is 0 Å². The Kier molecular flexibility index (Phi) is 3.09. The van der Waals surface area contributed by atoms with Gasteiger partial charge in [-0.3, -0.25) is 4.79 Å². The second-order valence-corrected chi connectivity index (χ2v) is 4.30. The van der Waals surface area contributed by atoms with Gasteiger partial charge in [-0.25, -0.2) is 0 Å². The molecule has 1 saturated heterocycles. The van der Waals surface area contributed by atoms with Crippen LogP contribution in [0.3, 0.4) is 0 Å². The molecule has 0 saturated carbocycles. The summed E-state index contributed by atoms with van der Waals surface area (Å²) in [5, 5.41) is 0. The Labute approximate surface area is 96.6 Å². The maximum Gasteiger partial charge on any atom is 0.230 e. The highest BCUT2D eigenvalue weighted by Gasteiger charge is 2.31. The van der Waals surface area contributed by atoms with E-state index in [0.717, 1.165) is 12.1 Å². The Hall–Kier alpha value is -1.57. The van der Waals surface area contributed by atoms with E-state index in [2.05, 4.69) is 12.1 Å². The Morgan fingerprint density at radius 2 is 2.06 bits per heavy atom. The van der Waals surface area contributed by atoms with E-state index in [4.69, 9.17) is 0 Å². The summed E-state index contributed by atoms with van der Waals surface area (Å²) in [4.78, 5) is 13.9. The summed E-state index contributed by atoms with van der Waals surface area (Å²) < 4.78 is 0. The highest BCUT2D eigenvalue weighted by Crippen LogP contribution is 2.28. The molecule has 0 spiro atoms. The average Bonchev–Trinajstić information content (AvgIpc) is 2.58. The number of hydrogen-bond donors (Lipinski definition) is 0. The van der Waals surface area contributed by atoms with Gasteiger partial charge in [0.25, 0.3) is 0 Å². The maximum atomic E-state index is 12.0. The lowest BCUT2D eigenvalue weighted by atomic mass is 10.1. The fourth-order valence-electron chi connectivity index (χ4n) is 2.14. The molecule has 1 amide bonds. The van der Waals surface area contributed by atoms with Crippen LogP contribution < -0.4 is 0 Å². The summed E-state index contributed by atoms with van der Waals surface area (Å²) in [6.45, 7) is 4.69. The molecule has 2 rings (SSSR count). The second-order valence-electron chi connectivity index (χ2n) is 4.30. The highest BCUT2D eigenvalue weighted by atomic mass is 16.2. The summed E-state index contributed by atoms with van der Waals surface area (Å²) in [5.41, 5.74) is 2.34. The third-order valence-electron chi connectivity index (χ3n) is 3.07. The molecule has 16 heavy (non-hydrogen) atoms. The highest BCUT2D eigenvalue weighted by molar-refractivity contribution is 5.83. The van der Waals surface area contributed by atoms with Gasteiger partial charge in [-0.1, -0.05) is 43.3 Å². The quantitative estimate of drug-likeness (QED) is 0.742. The average molecular weight is 215 g/mol. The molecule has 1 unspecified atom stereocenters. The van der Waals surface area contributed by atoms with Gasteiger partial charge in [0, 0.05) is 11.6 Å². The predicted octanol–water partition coefficient (Wildman–Crippen LogP) is 2.96. The van der Waals surface area contributed by atoms with Crippen molar-refractivity contribution in [2.24, 2.45) is 5.92 Å². The summed E-state index contributed by atoms with van der Waals surface area (Å²) in [5.74, 6) is 0.381. The van der Waals surface area contributed by atoms with Gasteiger partial charge in [0.05, 0.1) is 6.54 Å². The lowest BCUT2D eigenvalue weighted by molar-refractivity contribution is -0.130. The number of amides is 1. The monoisotopic (exact) mass is 215 g/mol. The smallest absolute Gasteiger partial charge is 0.230 e. The van der Waals surface area contributed by atoms with Gasteiger partial charge in [-0.15, -0.1) is 0 Å². The first-order chi connectivity index (χ1) is 7.72. The fraction of sp³-hybridized carbons (Fsp3) is 0.357. The first kappa shape index (κ1) is 10.9.